The number of aromatic nitrogens is 1. The van der Waals surface area contributed by atoms with Crippen LogP contribution in [0.3, 0.4) is 0 Å². The number of rotatable bonds is 2. The van der Waals surface area contributed by atoms with Gasteiger partial charge < -0.3 is 10.5 Å². The minimum absolute atomic E-state index is 0.414. The first-order valence-electron chi connectivity index (χ1n) is 4.68. The van der Waals surface area contributed by atoms with E-state index in [9.17, 15) is 0 Å². The summed E-state index contributed by atoms with van der Waals surface area (Å²) in [6.45, 7) is 0. The van der Waals surface area contributed by atoms with E-state index in [0.717, 1.165) is 0 Å². The van der Waals surface area contributed by atoms with Crippen molar-refractivity contribution >= 4 is 5.69 Å². The molecule has 0 aliphatic heterocycles. The number of nitriles is 1. The first-order valence-corrected chi connectivity index (χ1v) is 4.68. The summed E-state index contributed by atoms with van der Waals surface area (Å²) in [5.74, 6) is 0.969. The smallest absolute Gasteiger partial charge is 0.219 e. The fraction of sp³-hybridized carbons (Fsp3) is 0. The Bertz CT molecular complexity index is 529. The molecule has 78 valence electrons. The van der Waals surface area contributed by atoms with Gasteiger partial charge in [0, 0.05) is 12.3 Å². The molecule has 0 saturated carbocycles. The van der Waals surface area contributed by atoms with Crippen LogP contribution in [0.25, 0.3) is 0 Å². The van der Waals surface area contributed by atoms with Crippen LogP contribution in [-0.2, 0) is 0 Å². The van der Waals surface area contributed by atoms with Crippen LogP contribution in [0.4, 0.5) is 5.69 Å². The fourth-order valence-corrected chi connectivity index (χ4v) is 1.19. The maximum atomic E-state index is 8.61. The first kappa shape index (κ1) is 9.99. The number of hydrogen-bond acceptors (Lipinski definition) is 4. The average molecular weight is 211 g/mol. The van der Waals surface area contributed by atoms with Crippen LogP contribution < -0.4 is 10.5 Å². The zero-order valence-corrected chi connectivity index (χ0v) is 8.42. The second-order valence-electron chi connectivity index (χ2n) is 3.14. The molecule has 0 aliphatic rings. The Hall–Kier alpha value is -2.54. The molecule has 1 aromatic heterocycles. The highest BCUT2D eigenvalue weighted by Crippen LogP contribution is 2.25. The summed E-state index contributed by atoms with van der Waals surface area (Å²) in [6.07, 6.45) is 1.45. The van der Waals surface area contributed by atoms with Crippen molar-refractivity contribution < 1.29 is 4.74 Å². The van der Waals surface area contributed by atoms with Crippen LogP contribution in [0.2, 0.25) is 0 Å². The van der Waals surface area contributed by atoms with Crippen molar-refractivity contribution in [2.75, 3.05) is 5.73 Å². The first-order chi connectivity index (χ1) is 7.79. The standard InChI is InChI=1S/C12H9N3O/c13-7-9-5-6-12(15-8-9)16-11-4-2-1-3-10(11)14/h1-6,8H,14H2. The van der Waals surface area contributed by atoms with Crippen LogP contribution in [0.15, 0.2) is 42.6 Å². The molecule has 0 fully saturated rings. The second kappa shape index (κ2) is 4.32. The lowest BCUT2D eigenvalue weighted by atomic mass is 10.3. The molecule has 0 bridgehead atoms. The van der Waals surface area contributed by atoms with Gasteiger partial charge in [0.2, 0.25) is 5.88 Å². The molecule has 0 amide bonds. The minimum atomic E-state index is 0.414. The highest BCUT2D eigenvalue weighted by Gasteiger charge is 2.01. The molecule has 0 atom stereocenters. The topological polar surface area (TPSA) is 71.9 Å². The van der Waals surface area contributed by atoms with Gasteiger partial charge in [-0.1, -0.05) is 12.1 Å². The van der Waals surface area contributed by atoms with Gasteiger partial charge in [0.05, 0.1) is 11.3 Å². The number of benzene rings is 1. The number of anilines is 1. The summed E-state index contributed by atoms with van der Waals surface area (Å²) in [7, 11) is 0. The Morgan fingerprint density at radius 1 is 1.19 bits per heavy atom. The Kier molecular flexibility index (Phi) is 2.70. The third-order valence-corrected chi connectivity index (χ3v) is 2.00. The van der Waals surface area contributed by atoms with Gasteiger partial charge in [-0.2, -0.15) is 5.26 Å². The van der Waals surface area contributed by atoms with Crippen LogP contribution in [0, 0.1) is 11.3 Å². The van der Waals surface area contributed by atoms with E-state index in [-0.39, 0.29) is 0 Å². The van der Waals surface area contributed by atoms with Crippen LogP contribution in [0.1, 0.15) is 5.56 Å². The SMILES string of the molecule is N#Cc1ccc(Oc2ccccc2N)nc1. The van der Waals surface area contributed by atoms with E-state index in [4.69, 9.17) is 15.7 Å². The third kappa shape index (κ3) is 2.10. The number of nitrogens with two attached hydrogens (primary N) is 1. The van der Waals surface area contributed by atoms with Gasteiger partial charge in [0.25, 0.3) is 0 Å². The van der Waals surface area contributed by atoms with Gasteiger partial charge >= 0.3 is 0 Å². The zero-order chi connectivity index (χ0) is 11.4. The van der Waals surface area contributed by atoms with Crippen molar-refractivity contribution in [1.82, 2.24) is 4.98 Å². The molecule has 0 saturated heterocycles. The second-order valence-corrected chi connectivity index (χ2v) is 3.14. The summed E-state index contributed by atoms with van der Waals surface area (Å²) in [6, 6.07) is 12.4. The number of pyridine rings is 1. The van der Waals surface area contributed by atoms with E-state index in [2.05, 4.69) is 4.98 Å². The molecule has 0 radical (unpaired) electrons. The molecule has 1 aromatic carbocycles. The van der Waals surface area contributed by atoms with Crippen molar-refractivity contribution in [2.45, 2.75) is 0 Å². The van der Waals surface area contributed by atoms with E-state index in [1.54, 1.807) is 24.3 Å². The van der Waals surface area contributed by atoms with Crippen molar-refractivity contribution in [3.8, 4) is 17.7 Å². The van der Waals surface area contributed by atoms with E-state index < -0.39 is 0 Å². The number of para-hydroxylation sites is 2. The Morgan fingerprint density at radius 3 is 2.62 bits per heavy atom. The van der Waals surface area contributed by atoms with E-state index in [1.165, 1.54) is 6.20 Å². The molecule has 0 aliphatic carbocycles. The molecule has 2 rings (SSSR count). The van der Waals surface area contributed by atoms with Crippen molar-refractivity contribution in [3.05, 3.63) is 48.2 Å². The van der Waals surface area contributed by atoms with E-state index in [0.29, 0.717) is 22.9 Å². The van der Waals surface area contributed by atoms with Gasteiger partial charge in [0.1, 0.15) is 6.07 Å². The number of nitrogen functional groups attached to an aromatic ring is 1. The van der Waals surface area contributed by atoms with Crippen LogP contribution in [-0.4, -0.2) is 4.98 Å². The van der Waals surface area contributed by atoms with Crippen molar-refractivity contribution in [2.24, 2.45) is 0 Å². The minimum Gasteiger partial charge on any atom is -0.437 e. The molecular formula is C12H9N3O. The Labute approximate surface area is 92.9 Å². The molecule has 1 heterocycles. The van der Waals surface area contributed by atoms with E-state index >= 15 is 0 Å². The van der Waals surface area contributed by atoms with Crippen LogP contribution >= 0.6 is 0 Å². The van der Waals surface area contributed by atoms with Crippen LogP contribution in [0.5, 0.6) is 11.6 Å². The highest BCUT2D eigenvalue weighted by atomic mass is 16.5. The summed E-state index contributed by atoms with van der Waals surface area (Å²) in [4.78, 5) is 3.99. The predicted octanol–water partition coefficient (Wildman–Crippen LogP) is 2.33. The number of nitrogens with zero attached hydrogens (tertiary/aromatic N) is 2. The summed E-state index contributed by atoms with van der Waals surface area (Å²) in [5, 5.41) is 8.61. The normalized spacial score (nSPS) is 9.44. The molecular weight excluding hydrogens is 202 g/mol. The highest BCUT2D eigenvalue weighted by molar-refractivity contribution is 5.53. The molecule has 0 unspecified atom stereocenters. The van der Waals surface area contributed by atoms with Crippen molar-refractivity contribution in [3.63, 3.8) is 0 Å². The maximum Gasteiger partial charge on any atom is 0.219 e. The number of hydrogen-bond donors (Lipinski definition) is 1. The summed E-state index contributed by atoms with van der Waals surface area (Å²) in [5.41, 5.74) is 6.76. The molecule has 4 nitrogen and oxygen atoms in total. The summed E-state index contributed by atoms with van der Waals surface area (Å²) < 4.78 is 5.46. The number of ether oxygens (including phenoxy) is 1. The largest absolute Gasteiger partial charge is 0.437 e. The van der Waals surface area contributed by atoms with Gasteiger partial charge in [0.15, 0.2) is 5.75 Å². The fourth-order valence-electron chi connectivity index (χ4n) is 1.19. The van der Waals surface area contributed by atoms with Gasteiger partial charge in [-0.3, -0.25) is 0 Å². The lowest BCUT2D eigenvalue weighted by Crippen LogP contribution is -1.93. The molecule has 2 N–H and O–H groups in total. The lowest BCUT2D eigenvalue weighted by molar-refractivity contribution is 0.465. The Morgan fingerprint density at radius 2 is 2.00 bits per heavy atom. The average Bonchev–Trinajstić information content (AvgIpc) is 2.33. The monoisotopic (exact) mass is 211 g/mol. The van der Waals surface area contributed by atoms with Gasteiger partial charge in [-0.25, -0.2) is 4.98 Å². The zero-order valence-electron chi connectivity index (χ0n) is 8.42. The molecule has 16 heavy (non-hydrogen) atoms. The van der Waals surface area contributed by atoms with Gasteiger partial charge in [-0.15, -0.1) is 0 Å². The maximum absolute atomic E-state index is 8.61. The third-order valence-electron chi connectivity index (χ3n) is 2.00. The molecule has 4 heteroatoms. The van der Waals surface area contributed by atoms with Gasteiger partial charge in [-0.05, 0) is 18.2 Å². The summed E-state index contributed by atoms with van der Waals surface area (Å²) >= 11 is 0. The van der Waals surface area contributed by atoms with E-state index in [1.807, 2.05) is 18.2 Å². The molecule has 0 spiro atoms. The van der Waals surface area contributed by atoms with Crippen molar-refractivity contribution in [1.29, 1.82) is 5.26 Å². The Balaban J connectivity index is 2.22. The molecule has 2 aromatic rings. The predicted molar refractivity (Wildman–Crippen MR) is 59.9 cm³/mol. The lowest BCUT2D eigenvalue weighted by Gasteiger charge is -2.06. The quantitative estimate of drug-likeness (QED) is 0.774.